The van der Waals surface area contributed by atoms with Crippen molar-refractivity contribution in [2.75, 3.05) is 27.5 Å². The first kappa shape index (κ1) is 18.0. The van der Waals surface area contributed by atoms with Gasteiger partial charge in [0.05, 0.1) is 7.11 Å². The second kappa shape index (κ2) is 8.49. The molecule has 6 heteroatoms. The van der Waals surface area contributed by atoms with Crippen LogP contribution in [-0.4, -0.2) is 32.4 Å². The summed E-state index contributed by atoms with van der Waals surface area (Å²) in [7, 11) is 5.73. The predicted octanol–water partition coefficient (Wildman–Crippen LogP) is 4.24. The Kier molecular flexibility index (Phi) is 6.65. The molecule has 0 aliphatic heterocycles. The van der Waals surface area contributed by atoms with Gasteiger partial charge in [-0.1, -0.05) is 0 Å². The first-order valence-corrected chi connectivity index (χ1v) is 9.22. The smallest absolute Gasteiger partial charge is 0.136 e. The Balaban J connectivity index is 2.31. The Hall–Kier alpha value is -1.34. The SMILES string of the molecule is COc1cc(Oc2ccc(SN)cc2CN(C)C)ccc1SC. The maximum Gasteiger partial charge on any atom is 0.136 e. The molecule has 4 nitrogen and oxygen atoms in total. The van der Waals surface area contributed by atoms with Crippen molar-refractivity contribution in [1.82, 2.24) is 4.90 Å². The zero-order chi connectivity index (χ0) is 16.8. The molecule has 0 saturated heterocycles. The number of hydrogen-bond acceptors (Lipinski definition) is 6. The molecule has 0 unspecified atom stereocenters. The van der Waals surface area contributed by atoms with E-state index in [1.54, 1.807) is 18.9 Å². The summed E-state index contributed by atoms with van der Waals surface area (Å²) in [6.45, 7) is 0.782. The topological polar surface area (TPSA) is 47.7 Å². The molecule has 0 radical (unpaired) electrons. The van der Waals surface area contributed by atoms with Gasteiger partial charge in [0.15, 0.2) is 0 Å². The van der Waals surface area contributed by atoms with Crippen molar-refractivity contribution in [3.05, 3.63) is 42.0 Å². The third-order valence-electron chi connectivity index (χ3n) is 3.24. The van der Waals surface area contributed by atoms with E-state index in [1.807, 2.05) is 50.7 Å². The van der Waals surface area contributed by atoms with Crippen LogP contribution in [0.4, 0.5) is 0 Å². The lowest BCUT2D eigenvalue weighted by Crippen LogP contribution is -2.11. The van der Waals surface area contributed by atoms with E-state index in [-0.39, 0.29) is 0 Å². The highest BCUT2D eigenvalue weighted by atomic mass is 32.2. The summed E-state index contributed by atoms with van der Waals surface area (Å²) in [5.41, 5.74) is 1.10. The Labute approximate surface area is 146 Å². The molecule has 124 valence electrons. The van der Waals surface area contributed by atoms with E-state index in [0.717, 1.165) is 39.1 Å². The molecular formula is C17H22N2O2S2. The van der Waals surface area contributed by atoms with Gasteiger partial charge in [0.2, 0.25) is 0 Å². The number of thioether (sulfide) groups is 1. The van der Waals surface area contributed by atoms with Crippen LogP contribution in [0.25, 0.3) is 0 Å². The highest BCUT2D eigenvalue weighted by Crippen LogP contribution is 2.35. The summed E-state index contributed by atoms with van der Waals surface area (Å²) >= 11 is 2.89. The number of methoxy groups -OCH3 is 1. The Morgan fingerprint density at radius 3 is 2.48 bits per heavy atom. The van der Waals surface area contributed by atoms with Crippen molar-refractivity contribution >= 4 is 23.7 Å². The minimum Gasteiger partial charge on any atom is -0.495 e. The van der Waals surface area contributed by atoms with E-state index >= 15 is 0 Å². The minimum absolute atomic E-state index is 0.757. The van der Waals surface area contributed by atoms with Gasteiger partial charge in [0, 0.05) is 28.0 Å². The second-order valence-corrected chi connectivity index (χ2v) is 6.80. The molecule has 2 aromatic carbocycles. The summed E-state index contributed by atoms with van der Waals surface area (Å²) in [5.74, 6) is 2.40. The molecule has 0 aliphatic rings. The molecule has 0 fully saturated rings. The van der Waals surface area contributed by atoms with Gasteiger partial charge in [0.25, 0.3) is 0 Å². The van der Waals surface area contributed by atoms with Gasteiger partial charge in [-0.2, -0.15) is 0 Å². The van der Waals surface area contributed by atoms with Crippen molar-refractivity contribution in [3.63, 3.8) is 0 Å². The minimum atomic E-state index is 0.757. The normalized spacial score (nSPS) is 10.9. The monoisotopic (exact) mass is 350 g/mol. The van der Waals surface area contributed by atoms with Crippen LogP contribution in [0.15, 0.2) is 46.2 Å². The molecule has 0 bridgehead atoms. The van der Waals surface area contributed by atoms with E-state index in [1.165, 1.54) is 11.9 Å². The van der Waals surface area contributed by atoms with E-state index in [9.17, 15) is 0 Å². The van der Waals surface area contributed by atoms with Crippen LogP contribution in [0.5, 0.6) is 17.2 Å². The van der Waals surface area contributed by atoms with Crippen molar-refractivity contribution in [2.45, 2.75) is 16.3 Å². The largest absolute Gasteiger partial charge is 0.495 e. The fraction of sp³-hybridized carbons (Fsp3) is 0.294. The number of rotatable bonds is 7. The van der Waals surface area contributed by atoms with Gasteiger partial charge in [-0.3, -0.25) is 5.14 Å². The van der Waals surface area contributed by atoms with Crippen LogP contribution in [-0.2, 0) is 6.54 Å². The first-order valence-electron chi connectivity index (χ1n) is 7.11. The molecule has 0 heterocycles. The average Bonchev–Trinajstić information content (AvgIpc) is 2.55. The summed E-state index contributed by atoms with van der Waals surface area (Å²) in [5, 5.41) is 5.67. The molecule has 23 heavy (non-hydrogen) atoms. The maximum atomic E-state index is 6.09. The fourth-order valence-corrected chi connectivity index (χ4v) is 3.10. The number of hydrogen-bond donors (Lipinski definition) is 1. The van der Waals surface area contributed by atoms with Crippen molar-refractivity contribution < 1.29 is 9.47 Å². The Morgan fingerprint density at radius 1 is 1.09 bits per heavy atom. The van der Waals surface area contributed by atoms with Crippen LogP contribution >= 0.6 is 23.7 Å². The highest BCUT2D eigenvalue weighted by Gasteiger charge is 2.10. The van der Waals surface area contributed by atoms with E-state index in [0.29, 0.717) is 0 Å². The van der Waals surface area contributed by atoms with Crippen LogP contribution in [0.3, 0.4) is 0 Å². The van der Waals surface area contributed by atoms with E-state index < -0.39 is 0 Å². The first-order chi connectivity index (χ1) is 11.1. The van der Waals surface area contributed by atoms with Crippen LogP contribution in [0, 0.1) is 0 Å². The average molecular weight is 351 g/mol. The predicted molar refractivity (Wildman–Crippen MR) is 98.7 cm³/mol. The van der Waals surface area contributed by atoms with Crippen molar-refractivity contribution in [3.8, 4) is 17.2 Å². The molecule has 2 aromatic rings. The Morgan fingerprint density at radius 2 is 1.87 bits per heavy atom. The lowest BCUT2D eigenvalue weighted by atomic mass is 10.2. The Bertz CT molecular complexity index is 663. The van der Waals surface area contributed by atoms with Gasteiger partial charge in [0.1, 0.15) is 17.2 Å². The summed E-state index contributed by atoms with van der Waals surface area (Å²) < 4.78 is 11.5. The van der Waals surface area contributed by atoms with Crippen molar-refractivity contribution in [1.29, 1.82) is 0 Å². The number of ether oxygens (including phenoxy) is 2. The molecule has 0 saturated carbocycles. The molecule has 0 atom stereocenters. The second-order valence-electron chi connectivity index (χ2n) is 5.24. The van der Waals surface area contributed by atoms with Gasteiger partial charge in [-0.05, 0) is 62.6 Å². The third-order valence-corrected chi connectivity index (χ3v) is 4.54. The molecule has 0 spiro atoms. The number of benzene rings is 2. The molecule has 0 amide bonds. The van der Waals surface area contributed by atoms with Gasteiger partial charge < -0.3 is 14.4 Å². The van der Waals surface area contributed by atoms with Gasteiger partial charge in [-0.15, -0.1) is 11.8 Å². The molecule has 2 rings (SSSR count). The lowest BCUT2D eigenvalue weighted by Gasteiger charge is -2.16. The number of nitrogens with two attached hydrogens (primary N) is 1. The zero-order valence-electron chi connectivity index (χ0n) is 13.8. The summed E-state index contributed by atoms with van der Waals surface area (Å²) in [6.07, 6.45) is 2.02. The zero-order valence-corrected chi connectivity index (χ0v) is 15.5. The lowest BCUT2D eigenvalue weighted by molar-refractivity contribution is 0.384. The van der Waals surface area contributed by atoms with E-state index in [2.05, 4.69) is 11.0 Å². The van der Waals surface area contributed by atoms with Gasteiger partial charge >= 0.3 is 0 Å². The number of nitrogens with zero attached hydrogens (tertiary/aromatic N) is 1. The molecule has 2 N–H and O–H groups in total. The maximum absolute atomic E-state index is 6.09. The van der Waals surface area contributed by atoms with E-state index in [4.69, 9.17) is 14.6 Å². The van der Waals surface area contributed by atoms with Crippen molar-refractivity contribution in [2.24, 2.45) is 5.14 Å². The van der Waals surface area contributed by atoms with Crippen LogP contribution < -0.4 is 14.6 Å². The molecular weight excluding hydrogens is 328 g/mol. The summed E-state index contributed by atoms with van der Waals surface area (Å²) in [6, 6.07) is 11.9. The van der Waals surface area contributed by atoms with Gasteiger partial charge in [-0.25, -0.2) is 0 Å². The highest BCUT2D eigenvalue weighted by molar-refractivity contribution is 7.98. The molecule has 0 aromatic heterocycles. The third kappa shape index (κ3) is 4.81. The van der Waals surface area contributed by atoms with Crippen LogP contribution in [0.2, 0.25) is 0 Å². The molecule has 0 aliphatic carbocycles. The van der Waals surface area contributed by atoms with Crippen LogP contribution in [0.1, 0.15) is 5.56 Å². The fourth-order valence-electron chi connectivity index (χ4n) is 2.20. The standard InChI is InChI=1S/C17H22N2O2S2/c1-19(2)11-12-9-14(23-18)6-7-15(12)21-13-5-8-17(22-4)16(10-13)20-3/h5-10H,11,18H2,1-4H3. The quantitative estimate of drug-likeness (QED) is 0.595. The summed E-state index contributed by atoms with van der Waals surface area (Å²) in [4.78, 5) is 4.21.